The summed E-state index contributed by atoms with van der Waals surface area (Å²) in [6.45, 7) is -0.194. The third kappa shape index (κ3) is 4.25. The van der Waals surface area contributed by atoms with Crippen LogP contribution in [-0.4, -0.2) is 15.9 Å². The summed E-state index contributed by atoms with van der Waals surface area (Å²) in [4.78, 5) is 19.4. The highest BCUT2D eigenvalue weighted by atomic mass is 35.5. The van der Waals surface area contributed by atoms with Gasteiger partial charge in [-0.05, 0) is 12.1 Å². The third-order valence-corrected chi connectivity index (χ3v) is 3.84. The molecule has 23 heavy (non-hydrogen) atoms. The topological polar surface area (TPSA) is 54.9 Å². The van der Waals surface area contributed by atoms with Crippen molar-refractivity contribution in [2.45, 2.75) is 12.7 Å². The summed E-state index contributed by atoms with van der Waals surface area (Å²) in [7, 11) is 0. The molecule has 0 aliphatic rings. The molecule has 2 aromatic rings. The van der Waals surface area contributed by atoms with Crippen LogP contribution in [0.15, 0.2) is 24.5 Å². The van der Waals surface area contributed by atoms with Crippen LogP contribution in [-0.2, 0) is 12.7 Å². The minimum Gasteiger partial charge on any atom is -0.345 e. The van der Waals surface area contributed by atoms with Crippen LogP contribution >= 0.6 is 34.8 Å². The summed E-state index contributed by atoms with van der Waals surface area (Å²) in [5.74, 6) is -0.657. The van der Waals surface area contributed by atoms with Crippen molar-refractivity contribution >= 4 is 40.7 Å². The first-order chi connectivity index (χ1) is 10.7. The molecule has 0 spiro atoms. The van der Waals surface area contributed by atoms with Crippen LogP contribution < -0.4 is 5.32 Å². The molecule has 0 atom stereocenters. The normalized spacial score (nSPS) is 11.4. The third-order valence-electron chi connectivity index (χ3n) is 2.72. The van der Waals surface area contributed by atoms with Crippen LogP contribution in [0.4, 0.5) is 13.2 Å². The van der Waals surface area contributed by atoms with Crippen LogP contribution in [0.3, 0.4) is 0 Å². The molecular weight excluding hydrogens is 378 g/mol. The minimum absolute atomic E-state index is 0.0295. The van der Waals surface area contributed by atoms with Crippen molar-refractivity contribution in [3.05, 3.63) is 56.5 Å². The summed E-state index contributed by atoms with van der Waals surface area (Å²) in [5.41, 5.74) is -1.01. The Morgan fingerprint density at radius 2 is 1.87 bits per heavy atom. The highest BCUT2D eigenvalue weighted by molar-refractivity contribution is 6.43. The number of carbonyl (C=O) groups is 1. The zero-order valence-electron chi connectivity index (χ0n) is 11.1. The van der Waals surface area contributed by atoms with Gasteiger partial charge in [-0.1, -0.05) is 34.8 Å². The van der Waals surface area contributed by atoms with Crippen molar-refractivity contribution < 1.29 is 18.0 Å². The Kier molecular flexibility index (Phi) is 5.33. The maximum Gasteiger partial charge on any atom is 0.417 e. The van der Waals surface area contributed by atoms with Gasteiger partial charge >= 0.3 is 6.18 Å². The van der Waals surface area contributed by atoms with Gasteiger partial charge in [0.2, 0.25) is 0 Å². The lowest BCUT2D eigenvalue weighted by Gasteiger charge is -2.10. The van der Waals surface area contributed by atoms with Crippen molar-refractivity contribution in [2.24, 2.45) is 0 Å². The van der Waals surface area contributed by atoms with Gasteiger partial charge in [0.25, 0.3) is 5.91 Å². The Morgan fingerprint density at radius 3 is 2.48 bits per heavy atom. The molecule has 10 heteroatoms. The van der Waals surface area contributed by atoms with E-state index in [4.69, 9.17) is 34.8 Å². The van der Waals surface area contributed by atoms with Gasteiger partial charge in [0.1, 0.15) is 5.69 Å². The number of amides is 1. The molecule has 0 saturated heterocycles. The number of nitrogens with zero attached hydrogens (tertiary/aromatic N) is 2. The van der Waals surface area contributed by atoms with Crippen molar-refractivity contribution in [2.75, 3.05) is 0 Å². The minimum atomic E-state index is -4.54. The van der Waals surface area contributed by atoms with Crippen LogP contribution in [0, 0.1) is 0 Å². The molecule has 0 saturated carbocycles. The fraction of sp³-hybridized carbons (Fsp3) is 0.154. The first kappa shape index (κ1) is 17.8. The van der Waals surface area contributed by atoms with Gasteiger partial charge in [0.15, 0.2) is 0 Å². The molecule has 1 amide bonds. The highest BCUT2D eigenvalue weighted by Crippen LogP contribution is 2.31. The summed E-state index contributed by atoms with van der Waals surface area (Å²) < 4.78 is 37.5. The fourth-order valence-corrected chi connectivity index (χ4v) is 2.15. The second-order valence-electron chi connectivity index (χ2n) is 4.29. The van der Waals surface area contributed by atoms with E-state index in [9.17, 15) is 18.0 Å². The van der Waals surface area contributed by atoms with Crippen LogP contribution in [0.1, 0.15) is 21.7 Å². The van der Waals surface area contributed by atoms with E-state index in [1.165, 1.54) is 12.3 Å². The molecule has 122 valence electrons. The van der Waals surface area contributed by atoms with Crippen LogP contribution in [0.2, 0.25) is 15.1 Å². The quantitative estimate of drug-likeness (QED) is 0.854. The highest BCUT2D eigenvalue weighted by Gasteiger charge is 2.31. The largest absolute Gasteiger partial charge is 0.417 e. The number of rotatable bonds is 3. The maximum atomic E-state index is 12.5. The second-order valence-corrected chi connectivity index (χ2v) is 5.48. The average molecular weight is 385 g/mol. The Bertz CT molecular complexity index is 753. The SMILES string of the molecule is O=C(NCc1ncc(C(F)(F)F)cc1Cl)c1nccc(Cl)c1Cl. The van der Waals surface area contributed by atoms with Gasteiger partial charge in [0.05, 0.1) is 32.9 Å². The molecule has 4 nitrogen and oxygen atoms in total. The predicted octanol–water partition coefficient (Wildman–Crippen LogP) is 4.39. The number of hydrogen-bond acceptors (Lipinski definition) is 3. The lowest BCUT2D eigenvalue weighted by atomic mass is 10.2. The number of halogens is 6. The van der Waals surface area contributed by atoms with Gasteiger partial charge < -0.3 is 5.32 Å². The zero-order valence-corrected chi connectivity index (χ0v) is 13.4. The number of nitrogens with one attached hydrogen (secondary N) is 1. The number of carbonyl (C=O) groups excluding carboxylic acids is 1. The van der Waals surface area contributed by atoms with Crippen molar-refractivity contribution in [3.63, 3.8) is 0 Å². The van der Waals surface area contributed by atoms with Gasteiger partial charge in [0, 0.05) is 12.4 Å². The molecule has 0 aliphatic carbocycles. The van der Waals surface area contributed by atoms with E-state index in [1.54, 1.807) is 0 Å². The van der Waals surface area contributed by atoms with Gasteiger partial charge in [-0.25, -0.2) is 4.98 Å². The van der Waals surface area contributed by atoms with Gasteiger partial charge in [-0.2, -0.15) is 13.2 Å². The second kappa shape index (κ2) is 6.90. The molecule has 1 N–H and O–H groups in total. The Hall–Kier alpha value is -1.57. The lowest BCUT2D eigenvalue weighted by Crippen LogP contribution is -2.25. The molecule has 0 radical (unpaired) electrons. The van der Waals surface area contributed by atoms with Gasteiger partial charge in [-0.3, -0.25) is 9.78 Å². The summed E-state index contributed by atoms with van der Waals surface area (Å²) in [6, 6.07) is 2.15. The van der Waals surface area contributed by atoms with Gasteiger partial charge in [-0.15, -0.1) is 0 Å². The van der Waals surface area contributed by atoms with E-state index in [0.717, 1.165) is 6.07 Å². The Morgan fingerprint density at radius 1 is 1.17 bits per heavy atom. The van der Waals surface area contributed by atoms with E-state index < -0.39 is 17.6 Å². The standard InChI is InChI=1S/C13H7Cl3F3N3O/c14-7-1-2-20-11(10(7)16)12(23)22-5-9-8(15)3-6(4-21-9)13(17,18)19/h1-4H,5H2,(H,22,23). The molecule has 0 unspecified atom stereocenters. The molecule has 0 fully saturated rings. The summed E-state index contributed by atoms with van der Waals surface area (Å²) >= 11 is 17.4. The number of aromatic nitrogens is 2. The zero-order chi connectivity index (χ0) is 17.2. The molecular formula is C13H7Cl3F3N3O. The molecule has 2 aromatic heterocycles. The van der Waals surface area contributed by atoms with Crippen molar-refractivity contribution in [1.29, 1.82) is 0 Å². The van der Waals surface area contributed by atoms with E-state index in [2.05, 4.69) is 15.3 Å². The lowest BCUT2D eigenvalue weighted by molar-refractivity contribution is -0.137. The van der Waals surface area contributed by atoms with Crippen molar-refractivity contribution in [3.8, 4) is 0 Å². The molecule has 2 heterocycles. The average Bonchev–Trinajstić information content (AvgIpc) is 2.47. The summed E-state index contributed by atoms with van der Waals surface area (Å²) in [5, 5.41) is 2.31. The van der Waals surface area contributed by atoms with E-state index in [0.29, 0.717) is 6.20 Å². The predicted molar refractivity (Wildman–Crippen MR) is 79.7 cm³/mol. The van der Waals surface area contributed by atoms with E-state index in [1.807, 2.05) is 0 Å². The molecule has 0 aromatic carbocycles. The molecule has 0 bridgehead atoms. The van der Waals surface area contributed by atoms with Crippen LogP contribution in [0.25, 0.3) is 0 Å². The number of alkyl halides is 3. The monoisotopic (exact) mass is 383 g/mol. The summed E-state index contributed by atoms with van der Waals surface area (Å²) in [6.07, 6.45) is -2.61. The maximum absolute atomic E-state index is 12.5. The van der Waals surface area contributed by atoms with E-state index in [-0.39, 0.29) is 33.0 Å². The Labute approximate surface area is 143 Å². The van der Waals surface area contributed by atoms with Crippen molar-refractivity contribution in [1.82, 2.24) is 15.3 Å². The Balaban J connectivity index is 2.12. The fourth-order valence-electron chi connectivity index (χ4n) is 1.58. The molecule has 2 rings (SSSR count). The first-order valence-electron chi connectivity index (χ1n) is 6.00. The van der Waals surface area contributed by atoms with Crippen LogP contribution in [0.5, 0.6) is 0 Å². The number of pyridine rings is 2. The first-order valence-corrected chi connectivity index (χ1v) is 7.13. The molecule has 0 aliphatic heterocycles. The van der Waals surface area contributed by atoms with E-state index >= 15 is 0 Å². The number of hydrogen-bond donors (Lipinski definition) is 1. The smallest absolute Gasteiger partial charge is 0.345 e.